The van der Waals surface area contributed by atoms with Crippen molar-refractivity contribution in [3.05, 3.63) is 66.4 Å². The molecule has 28 heavy (non-hydrogen) atoms. The molecule has 0 unspecified atom stereocenters. The van der Waals surface area contributed by atoms with Crippen LogP contribution in [0.25, 0.3) is 6.08 Å². The zero-order valence-electron chi connectivity index (χ0n) is 17.9. The Morgan fingerprint density at radius 1 is 1.00 bits per heavy atom. The van der Waals surface area contributed by atoms with Gasteiger partial charge >= 0.3 is 14.8 Å². The number of carbonyl (C=O) groups is 1. The fourth-order valence-electron chi connectivity index (χ4n) is 1.89. The second kappa shape index (κ2) is 18.4. The van der Waals surface area contributed by atoms with Gasteiger partial charge in [0.15, 0.2) is 0 Å². The minimum absolute atomic E-state index is 0.424. The van der Waals surface area contributed by atoms with Crippen molar-refractivity contribution in [3.8, 4) is 0 Å². The topological polar surface area (TPSA) is 65.0 Å². The van der Waals surface area contributed by atoms with Crippen LogP contribution in [0.15, 0.2) is 60.8 Å². The van der Waals surface area contributed by atoms with Crippen molar-refractivity contribution in [2.45, 2.75) is 41.0 Å². The average Bonchev–Trinajstić information content (AvgIpc) is 2.70. The van der Waals surface area contributed by atoms with Gasteiger partial charge in [0, 0.05) is 25.4 Å². The van der Waals surface area contributed by atoms with Crippen molar-refractivity contribution in [2.24, 2.45) is 0 Å². The Balaban J connectivity index is 0. The van der Waals surface area contributed by atoms with Crippen LogP contribution in [0.4, 0.5) is 0 Å². The molecule has 5 nitrogen and oxygen atoms in total. The van der Waals surface area contributed by atoms with Gasteiger partial charge in [-0.2, -0.15) is 0 Å². The molecule has 0 aromatic heterocycles. The van der Waals surface area contributed by atoms with Crippen LogP contribution in [0.1, 0.15) is 46.6 Å². The van der Waals surface area contributed by atoms with Crippen molar-refractivity contribution in [2.75, 3.05) is 19.8 Å². The first-order valence-electron chi connectivity index (χ1n) is 9.49. The third kappa shape index (κ3) is 14.1. The number of hydrogen-bond acceptors (Lipinski definition) is 4. The van der Waals surface area contributed by atoms with Crippen LogP contribution in [-0.2, 0) is 18.1 Å². The lowest BCUT2D eigenvalue weighted by atomic mass is 10.2. The predicted molar refractivity (Wildman–Crippen MR) is 119 cm³/mol. The van der Waals surface area contributed by atoms with Crippen LogP contribution < -0.4 is 0 Å². The number of carboxylic acids is 1. The van der Waals surface area contributed by atoms with E-state index < -0.39 is 14.8 Å². The summed E-state index contributed by atoms with van der Waals surface area (Å²) in [5.41, 5.74) is 3.27. The number of rotatable bonds is 10. The molecule has 0 aliphatic rings. The summed E-state index contributed by atoms with van der Waals surface area (Å²) in [6.07, 6.45) is 4.31. The maximum Gasteiger partial charge on any atom is 0.528 e. The molecule has 0 amide bonds. The number of allylic oxidation sites excluding steroid dienone is 1. The molecule has 1 rings (SSSR count). The number of benzene rings is 1. The van der Waals surface area contributed by atoms with Crippen molar-refractivity contribution in [1.29, 1.82) is 0 Å². The van der Waals surface area contributed by atoms with E-state index in [1.54, 1.807) is 18.7 Å². The Morgan fingerprint density at radius 3 is 1.68 bits per heavy atom. The molecular weight excluding hydrogens is 372 g/mol. The number of carboxylic acid groups (broad SMARTS) is 1. The van der Waals surface area contributed by atoms with E-state index in [4.69, 9.17) is 18.4 Å². The molecule has 1 aromatic rings. The summed E-state index contributed by atoms with van der Waals surface area (Å²) in [4.78, 5) is 10.0. The van der Waals surface area contributed by atoms with E-state index in [0.717, 1.165) is 6.42 Å². The lowest BCUT2D eigenvalue weighted by Crippen LogP contribution is -2.44. The molecule has 158 valence electrons. The van der Waals surface area contributed by atoms with Gasteiger partial charge in [-0.05, 0) is 45.4 Å². The molecule has 0 saturated carbocycles. The zero-order valence-corrected chi connectivity index (χ0v) is 18.9. The summed E-state index contributed by atoms with van der Waals surface area (Å²) in [5, 5.41) is 8.24. The van der Waals surface area contributed by atoms with Crippen LogP contribution in [0.2, 0.25) is 0 Å². The van der Waals surface area contributed by atoms with Gasteiger partial charge in [0.2, 0.25) is 0 Å². The third-order valence-corrected chi connectivity index (χ3v) is 5.74. The van der Waals surface area contributed by atoms with Gasteiger partial charge in [0.05, 0.1) is 0 Å². The van der Waals surface area contributed by atoms with E-state index in [0.29, 0.717) is 25.4 Å². The molecule has 0 bridgehead atoms. The van der Waals surface area contributed by atoms with Crippen molar-refractivity contribution in [3.63, 3.8) is 0 Å². The molecule has 0 aliphatic carbocycles. The Morgan fingerprint density at radius 2 is 1.46 bits per heavy atom. The smallest absolute Gasteiger partial charge is 0.478 e. The number of aliphatic carboxylic acids is 1. The molecule has 0 heterocycles. The standard InChI is InChI=1S/C8H18O3Si.C8H8.C6H10O2/c1-5-9-12(8-4,10-6-2)11-7-3;1-2-8-6-4-3-5-7-8;1-3-4-5(2)6(7)8/h8H,4-7H2,1-3H3;2-7H,1H2;4H,3H2,1-2H3,(H,7,8). The van der Waals surface area contributed by atoms with Gasteiger partial charge in [-0.1, -0.05) is 62.6 Å². The minimum Gasteiger partial charge on any atom is -0.478 e. The van der Waals surface area contributed by atoms with E-state index in [2.05, 4.69) is 13.2 Å². The van der Waals surface area contributed by atoms with E-state index >= 15 is 0 Å². The SMILES string of the molecule is C=C[Si](OCC)(OCC)OCC.C=Cc1ccccc1.CCC=C(C)C(=O)O. The van der Waals surface area contributed by atoms with E-state index in [1.165, 1.54) is 5.56 Å². The Labute approximate surface area is 171 Å². The van der Waals surface area contributed by atoms with E-state index in [-0.39, 0.29) is 0 Å². The molecule has 0 spiro atoms. The monoisotopic (exact) mass is 408 g/mol. The second-order valence-electron chi connectivity index (χ2n) is 5.32. The van der Waals surface area contributed by atoms with Gasteiger partial charge in [0.25, 0.3) is 0 Å². The fraction of sp³-hybridized carbons (Fsp3) is 0.409. The molecular formula is C22H36O5Si. The Kier molecular flexibility index (Phi) is 18.5. The summed E-state index contributed by atoms with van der Waals surface area (Å²) < 4.78 is 16.3. The summed E-state index contributed by atoms with van der Waals surface area (Å²) in [6, 6.07) is 10.0. The van der Waals surface area contributed by atoms with Gasteiger partial charge in [-0.15, -0.1) is 0 Å². The van der Waals surface area contributed by atoms with Crippen LogP contribution in [-0.4, -0.2) is 39.7 Å². The minimum atomic E-state index is -2.51. The highest BCUT2D eigenvalue weighted by molar-refractivity contribution is 6.66. The molecule has 0 atom stereocenters. The molecule has 0 aliphatic heterocycles. The van der Waals surface area contributed by atoms with Crippen LogP contribution in [0.5, 0.6) is 0 Å². The van der Waals surface area contributed by atoms with Gasteiger partial charge in [0.1, 0.15) is 0 Å². The molecule has 0 saturated heterocycles. The van der Waals surface area contributed by atoms with Crippen LogP contribution >= 0.6 is 0 Å². The van der Waals surface area contributed by atoms with Crippen LogP contribution in [0.3, 0.4) is 0 Å². The second-order valence-corrected chi connectivity index (χ2v) is 7.80. The maximum atomic E-state index is 10.0. The maximum absolute atomic E-state index is 10.0. The Bertz CT molecular complexity index is 553. The number of hydrogen-bond donors (Lipinski definition) is 1. The van der Waals surface area contributed by atoms with Gasteiger partial charge < -0.3 is 18.4 Å². The third-order valence-electron chi connectivity index (χ3n) is 3.17. The molecule has 1 aromatic carbocycles. The summed E-state index contributed by atoms with van der Waals surface area (Å²) in [6.45, 7) is 18.4. The van der Waals surface area contributed by atoms with E-state index in [1.807, 2.05) is 64.1 Å². The van der Waals surface area contributed by atoms with Crippen molar-refractivity contribution < 1.29 is 23.2 Å². The molecule has 6 heteroatoms. The summed E-state index contributed by atoms with van der Waals surface area (Å²) in [7, 11) is -2.51. The first kappa shape index (κ1) is 28.2. The largest absolute Gasteiger partial charge is 0.528 e. The lowest BCUT2D eigenvalue weighted by Gasteiger charge is -2.24. The first-order chi connectivity index (χ1) is 13.4. The van der Waals surface area contributed by atoms with Crippen molar-refractivity contribution >= 4 is 20.8 Å². The highest BCUT2D eigenvalue weighted by Crippen LogP contribution is 2.10. The Hall–Kier alpha value is -1.99. The fourth-order valence-corrected chi connectivity index (χ4v) is 3.70. The normalized spacial score (nSPS) is 10.7. The first-order valence-corrected chi connectivity index (χ1v) is 11.3. The van der Waals surface area contributed by atoms with Gasteiger partial charge in [-0.25, -0.2) is 4.79 Å². The highest BCUT2D eigenvalue weighted by Gasteiger charge is 2.36. The predicted octanol–water partition coefficient (Wildman–Crippen LogP) is 5.52. The molecule has 1 N–H and O–H groups in total. The van der Waals surface area contributed by atoms with Gasteiger partial charge in [-0.3, -0.25) is 0 Å². The highest BCUT2D eigenvalue weighted by atomic mass is 28.4. The lowest BCUT2D eigenvalue weighted by molar-refractivity contribution is -0.132. The van der Waals surface area contributed by atoms with E-state index in [9.17, 15) is 4.79 Å². The molecule has 0 fully saturated rings. The molecule has 0 radical (unpaired) electrons. The summed E-state index contributed by atoms with van der Waals surface area (Å²) in [5.74, 6) is -0.827. The van der Waals surface area contributed by atoms with Crippen molar-refractivity contribution in [1.82, 2.24) is 0 Å². The summed E-state index contributed by atoms with van der Waals surface area (Å²) >= 11 is 0. The van der Waals surface area contributed by atoms with Crippen LogP contribution in [0, 0.1) is 0 Å². The quantitative estimate of drug-likeness (QED) is 0.408. The zero-order chi connectivity index (χ0) is 21.8. The average molecular weight is 409 g/mol.